The lowest BCUT2D eigenvalue weighted by molar-refractivity contribution is -0.255. The van der Waals surface area contributed by atoms with Gasteiger partial charge in [0.25, 0.3) is 5.91 Å². The van der Waals surface area contributed by atoms with Crippen molar-refractivity contribution < 1.29 is 34.2 Å². The third kappa shape index (κ3) is 9.09. The molecule has 2 aromatic rings. The van der Waals surface area contributed by atoms with Gasteiger partial charge in [0.05, 0.1) is 12.2 Å². The highest BCUT2D eigenvalue weighted by Gasteiger charge is 2.20. The van der Waals surface area contributed by atoms with Gasteiger partial charge in [0.1, 0.15) is 17.1 Å². The summed E-state index contributed by atoms with van der Waals surface area (Å²) in [6, 6.07) is 6.63. The number of aryl methyl sites for hydroxylation is 2. The van der Waals surface area contributed by atoms with Crippen LogP contribution >= 0.6 is 11.3 Å². The molecule has 0 unspecified atom stereocenters. The number of anilines is 2. The van der Waals surface area contributed by atoms with Crippen LogP contribution in [0.5, 0.6) is 0 Å². The van der Waals surface area contributed by atoms with Crippen LogP contribution in [0.25, 0.3) is 0 Å². The maximum atomic E-state index is 12.7. The summed E-state index contributed by atoms with van der Waals surface area (Å²) in [6.07, 6.45) is -3.96. The van der Waals surface area contributed by atoms with Crippen molar-refractivity contribution in [2.45, 2.75) is 26.1 Å². The first-order valence-corrected chi connectivity index (χ1v) is 11.3. The van der Waals surface area contributed by atoms with Crippen LogP contribution in [-0.4, -0.2) is 66.7 Å². The topological polar surface area (TPSA) is 208 Å². The third-order valence-corrected chi connectivity index (χ3v) is 5.54. The number of carbonyl (C=O) groups excluding carboxylic acids is 5. The standard InChI is InChI=1S/C21H27N7O7S/c1-11(29)23-19-25-14(16(36-19)17(31)22-10-15(30)28(2)3)9-6-12-4-7-13(8-5-12)24-18(26-20(32)33)27-21(34)35/h4-5,7-8,18,24,26-27H,6,9-10H2,1-3H3,(H,22,31)(H,32,33)(H,34,35)(H,23,25,29)/p-2. The minimum atomic E-state index is -1.69. The normalized spacial score (nSPS) is 10.3. The zero-order valence-corrected chi connectivity index (χ0v) is 20.5. The van der Waals surface area contributed by atoms with Gasteiger partial charge in [0.15, 0.2) is 11.4 Å². The largest absolute Gasteiger partial charge is 0.530 e. The number of nitrogens with zero attached hydrogens (tertiary/aromatic N) is 2. The van der Waals surface area contributed by atoms with Crippen molar-refractivity contribution in [3.63, 3.8) is 0 Å². The number of rotatable bonds is 11. The molecule has 0 aliphatic carbocycles. The van der Waals surface area contributed by atoms with Crippen LogP contribution in [0.15, 0.2) is 24.3 Å². The SMILES string of the molecule is CC(=O)Nc1nc(CCc2ccc(NC(NC(=O)[O-])NC(=O)[O-])cc2)c(C(=O)NCC(=O)N(C)C)s1. The Balaban J connectivity index is 2.09. The van der Waals surface area contributed by atoms with Gasteiger partial charge in [0.2, 0.25) is 11.8 Å². The Labute approximate surface area is 210 Å². The molecule has 2 rings (SSSR count). The number of thiazole rings is 1. The van der Waals surface area contributed by atoms with Crippen molar-refractivity contribution in [2.24, 2.45) is 0 Å². The van der Waals surface area contributed by atoms with E-state index in [0.29, 0.717) is 24.2 Å². The lowest BCUT2D eigenvalue weighted by Crippen LogP contribution is -2.58. The molecule has 0 aliphatic rings. The Morgan fingerprint density at radius 3 is 2.14 bits per heavy atom. The van der Waals surface area contributed by atoms with Gasteiger partial charge in [-0.2, -0.15) is 0 Å². The van der Waals surface area contributed by atoms with Gasteiger partial charge < -0.3 is 51.3 Å². The Kier molecular flexibility index (Phi) is 9.97. The number of aromatic nitrogens is 1. The molecule has 5 amide bonds. The number of hydrogen-bond donors (Lipinski definition) is 5. The van der Waals surface area contributed by atoms with Crippen LogP contribution in [0.3, 0.4) is 0 Å². The Hall–Kier alpha value is -4.40. The van der Waals surface area contributed by atoms with Crippen LogP contribution in [0.2, 0.25) is 0 Å². The Bertz CT molecular complexity index is 1100. The van der Waals surface area contributed by atoms with Gasteiger partial charge in [-0.05, 0) is 30.5 Å². The molecule has 0 aliphatic heterocycles. The summed E-state index contributed by atoms with van der Waals surface area (Å²) in [4.78, 5) is 63.2. The number of carbonyl (C=O) groups is 5. The van der Waals surface area contributed by atoms with Gasteiger partial charge in [-0.15, -0.1) is 0 Å². The smallest absolute Gasteiger partial charge is 0.263 e. The maximum absolute atomic E-state index is 12.7. The molecule has 0 fully saturated rings. The zero-order valence-electron chi connectivity index (χ0n) is 19.7. The van der Waals surface area contributed by atoms with Crippen molar-refractivity contribution in [3.8, 4) is 0 Å². The highest BCUT2D eigenvalue weighted by atomic mass is 32.1. The summed E-state index contributed by atoms with van der Waals surface area (Å²) in [7, 11) is 3.14. The summed E-state index contributed by atoms with van der Waals surface area (Å²) in [5.41, 5.74) is 1.68. The molecule has 15 heteroatoms. The number of nitrogens with one attached hydrogen (secondary N) is 5. The summed E-state index contributed by atoms with van der Waals surface area (Å²) in [5.74, 6) is -1.11. The number of hydrogen-bond acceptors (Lipinski definition) is 10. The second kappa shape index (κ2) is 12.9. The summed E-state index contributed by atoms with van der Waals surface area (Å²) < 4.78 is 0. The van der Waals surface area contributed by atoms with E-state index >= 15 is 0 Å². The minimum Gasteiger partial charge on any atom is -0.530 e. The first-order chi connectivity index (χ1) is 16.9. The van der Waals surface area contributed by atoms with Crippen LogP contribution < -0.4 is 36.8 Å². The molecule has 0 spiro atoms. The lowest BCUT2D eigenvalue weighted by atomic mass is 10.1. The zero-order chi connectivity index (χ0) is 26.8. The number of likely N-dealkylation sites (N-methyl/N-ethyl adjacent to an activating group) is 1. The highest BCUT2D eigenvalue weighted by molar-refractivity contribution is 7.17. The molecule has 194 valence electrons. The van der Waals surface area contributed by atoms with E-state index < -0.39 is 24.4 Å². The summed E-state index contributed by atoms with van der Waals surface area (Å²) >= 11 is 1.000. The first kappa shape index (κ1) is 27.8. The fraction of sp³-hybridized carbons (Fsp3) is 0.333. The Morgan fingerprint density at radius 2 is 1.61 bits per heavy atom. The quantitative estimate of drug-likeness (QED) is 0.213. The van der Waals surface area contributed by atoms with E-state index in [1.54, 1.807) is 38.4 Å². The fourth-order valence-corrected chi connectivity index (χ4v) is 3.81. The molecular weight excluding hydrogens is 494 g/mol. The van der Waals surface area contributed by atoms with E-state index in [4.69, 9.17) is 0 Å². The average Bonchev–Trinajstić information content (AvgIpc) is 3.17. The molecular formula is C21H25N7O7S-2. The molecule has 0 atom stereocenters. The predicted molar refractivity (Wildman–Crippen MR) is 126 cm³/mol. The van der Waals surface area contributed by atoms with Crippen LogP contribution in [0, 0.1) is 0 Å². The molecule has 0 saturated carbocycles. The lowest BCUT2D eigenvalue weighted by Gasteiger charge is -2.24. The van der Waals surface area contributed by atoms with Crippen LogP contribution in [0.4, 0.5) is 20.4 Å². The molecule has 36 heavy (non-hydrogen) atoms. The van der Waals surface area contributed by atoms with Gasteiger partial charge in [-0.25, -0.2) is 4.98 Å². The van der Waals surface area contributed by atoms with Crippen molar-refractivity contribution in [3.05, 3.63) is 40.4 Å². The maximum Gasteiger partial charge on any atom is 0.263 e. The first-order valence-electron chi connectivity index (χ1n) is 10.5. The number of benzene rings is 1. The van der Waals surface area contributed by atoms with Gasteiger partial charge in [-0.3, -0.25) is 14.4 Å². The van der Waals surface area contributed by atoms with Gasteiger partial charge in [0, 0.05) is 26.7 Å². The molecule has 14 nitrogen and oxygen atoms in total. The van der Waals surface area contributed by atoms with Crippen molar-refractivity contribution >= 4 is 52.1 Å². The monoisotopic (exact) mass is 519 g/mol. The van der Waals surface area contributed by atoms with Crippen molar-refractivity contribution in [1.29, 1.82) is 0 Å². The summed E-state index contributed by atoms with van der Waals surface area (Å²) in [6.45, 7) is 1.13. The van der Waals surface area contributed by atoms with E-state index in [1.165, 1.54) is 11.8 Å². The molecule has 1 aromatic heterocycles. The minimum absolute atomic E-state index is 0.187. The molecule has 0 saturated heterocycles. The van der Waals surface area contributed by atoms with E-state index in [2.05, 4.69) is 20.9 Å². The second-order valence-electron chi connectivity index (χ2n) is 7.58. The van der Waals surface area contributed by atoms with Crippen molar-refractivity contribution in [1.82, 2.24) is 25.8 Å². The Morgan fingerprint density at radius 1 is 1.00 bits per heavy atom. The molecule has 5 N–H and O–H groups in total. The third-order valence-electron chi connectivity index (χ3n) is 4.53. The van der Waals surface area contributed by atoms with Crippen molar-refractivity contribution in [2.75, 3.05) is 31.3 Å². The van der Waals surface area contributed by atoms with E-state index in [-0.39, 0.29) is 28.4 Å². The molecule has 0 bridgehead atoms. The summed E-state index contributed by atoms with van der Waals surface area (Å²) in [5, 5.41) is 33.1. The van der Waals surface area contributed by atoms with E-state index in [1.807, 2.05) is 10.6 Å². The van der Waals surface area contributed by atoms with Gasteiger partial charge >= 0.3 is 0 Å². The highest BCUT2D eigenvalue weighted by Crippen LogP contribution is 2.25. The van der Waals surface area contributed by atoms with Crippen LogP contribution in [0.1, 0.15) is 27.9 Å². The number of amides is 5. The predicted octanol–water partition coefficient (Wildman–Crippen LogP) is -1.73. The molecule has 1 heterocycles. The number of carboxylic acid groups (broad SMARTS) is 2. The fourth-order valence-electron chi connectivity index (χ4n) is 2.84. The molecule has 1 aromatic carbocycles. The van der Waals surface area contributed by atoms with Crippen LogP contribution in [-0.2, 0) is 22.4 Å². The van der Waals surface area contributed by atoms with Gasteiger partial charge in [-0.1, -0.05) is 23.5 Å². The van der Waals surface area contributed by atoms with E-state index in [0.717, 1.165) is 16.9 Å². The second-order valence-corrected chi connectivity index (χ2v) is 8.58. The molecule has 0 radical (unpaired) electrons. The average molecular weight is 520 g/mol. The van der Waals surface area contributed by atoms with E-state index in [9.17, 15) is 34.2 Å².